The maximum Gasteiger partial charge on any atom is 0.224 e. The minimum atomic E-state index is 0.266. The number of hydrogen-bond acceptors (Lipinski definition) is 4. The van der Waals surface area contributed by atoms with Crippen LogP contribution in [0.25, 0.3) is 0 Å². The zero-order valence-electron chi connectivity index (χ0n) is 13.1. The fourth-order valence-electron chi connectivity index (χ4n) is 4.31. The Bertz CT molecular complexity index is 586. The van der Waals surface area contributed by atoms with Crippen molar-refractivity contribution in [2.75, 3.05) is 37.6 Å². The third-order valence-electron chi connectivity index (χ3n) is 5.89. The van der Waals surface area contributed by atoms with Gasteiger partial charge in [0, 0.05) is 43.6 Å². The summed E-state index contributed by atoms with van der Waals surface area (Å²) in [6, 6.07) is 0. The van der Waals surface area contributed by atoms with Crippen LogP contribution in [-0.4, -0.2) is 47.6 Å². The summed E-state index contributed by atoms with van der Waals surface area (Å²) >= 11 is 12.3. The summed E-state index contributed by atoms with van der Waals surface area (Å²) in [7, 11) is 0. The zero-order valence-corrected chi connectivity index (χ0v) is 14.7. The van der Waals surface area contributed by atoms with Crippen LogP contribution in [0.1, 0.15) is 26.7 Å². The highest BCUT2D eigenvalue weighted by molar-refractivity contribution is 6.33. The van der Waals surface area contributed by atoms with E-state index in [-0.39, 0.29) is 16.1 Å². The van der Waals surface area contributed by atoms with Gasteiger partial charge in [0.25, 0.3) is 0 Å². The molecule has 1 aromatic heterocycles. The van der Waals surface area contributed by atoms with Crippen molar-refractivity contribution in [1.82, 2.24) is 14.9 Å². The van der Waals surface area contributed by atoms with Crippen molar-refractivity contribution in [3.8, 4) is 0 Å². The van der Waals surface area contributed by atoms with E-state index in [1.807, 2.05) is 0 Å². The molecule has 0 unspecified atom stereocenters. The van der Waals surface area contributed by atoms with Gasteiger partial charge in [0.05, 0.1) is 6.20 Å². The van der Waals surface area contributed by atoms with Crippen molar-refractivity contribution >= 4 is 29.0 Å². The van der Waals surface area contributed by atoms with Crippen LogP contribution >= 0.6 is 23.2 Å². The first-order valence-electron chi connectivity index (χ1n) is 8.04. The van der Waals surface area contributed by atoms with Crippen LogP contribution in [0.15, 0.2) is 6.20 Å². The summed E-state index contributed by atoms with van der Waals surface area (Å²) < 4.78 is 0. The van der Waals surface area contributed by atoms with Gasteiger partial charge in [-0.3, -0.25) is 0 Å². The Labute approximate surface area is 141 Å². The molecule has 120 valence electrons. The number of likely N-dealkylation sites (tertiary alicyclic amines) is 1. The Morgan fingerprint density at radius 2 is 1.77 bits per heavy atom. The molecule has 1 aliphatic carbocycles. The van der Waals surface area contributed by atoms with Gasteiger partial charge in [-0.1, -0.05) is 25.4 Å². The smallest absolute Gasteiger partial charge is 0.224 e. The van der Waals surface area contributed by atoms with Crippen molar-refractivity contribution < 1.29 is 0 Å². The van der Waals surface area contributed by atoms with E-state index < -0.39 is 0 Å². The zero-order chi connectivity index (χ0) is 15.5. The number of anilines is 1. The maximum absolute atomic E-state index is 6.29. The van der Waals surface area contributed by atoms with Gasteiger partial charge in [-0.05, 0) is 30.4 Å². The van der Waals surface area contributed by atoms with E-state index in [0.29, 0.717) is 5.02 Å². The van der Waals surface area contributed by atoms with Gasteiger partial charge in [0.15, 0.2) is 5.82 Å². The second kappa shape index (κ2) is 4.96. The van der Waals surface area contributed by atoms with Crippen LogP contribution in [0.5, 0.6) is 0 Å². The summed E-state index contributed by atoms with van der Waals surface area (Å²) in [5.74, 6) is 1.74. The molecule has 3 aliphatic rings. The summed E-state index contributed by atoms with van der Waals surface area (Å²) in [5, 5.41) is 0.855. The second-order valence-corrected chi connectivity index (χ2v) is 8.65. The van der Waals surface area contributed by atoms with E-state index in [9.17, 15) is 0 Å². The molecule has 4 rings (SSSR count). The highest BCUT2D eigenvalue weighted by atomic mass is 35.5. The molecular formula is C16H22Cl2N4. The van der Waals surface area contributed by atoms with Crippen molar-refractivity contribution in [3.63, 3.8) is 0 Å². The molecule has 3 fully saturated rings. The standard InChI is InChI=1S/C16H22Cl2N4/c1-15-7-21(6-11-3-4-11)8-16(15,2)10-22(9-15)13-12(17)5-19-14(18)20-13/h5,11H,3-4,6-10H2,1-2H3/t15-,16+. The predicted octanol–water partition coefficient (Wildman–Crippen LogP) is 3.34. The van der Waals surface area contributed by atoms with Gasteiger partial charge in [-0.2, -0.15) is 4.98 Å². The molecule has 3 heterocycles. The van der Waals surface area contributed by atoms with Crippen LogP contribution in [0.4, 0.5) is 5.82 Å². The highest BCUT2D eigenvalue weighted by Gasteiger charge is 2.58. The SMILES string of the molecule is C[C@@]12CN(CC3CC3)C[C@]1(C)CN(c1nc(Cl)ncc1Cl)C2. The molecule has 22 heavy (non-hydrogen) atoms. The molecular weight excluding hydrogens is 319 g/mol. The number of fused-ring (bicyclic) bond motifs is 1. The molecule has 6 heteroatoms. The first kappa shape index (κ1) is 15.0. The average Bonchev–Trinajstić information content (AvgIpc) is 3.14. The Balaban J connectivity index is 1.55. The summed E-state index contributed by atoms with van der Waals surface area (Å²) in [4.78, 5) is 13.3. The van der Waals surface area contributed by atoms with E-state index in [2.05, 4.69) is 33.6 Å². The summed E-state index contributed by atoms with van der Waals surface area (Å²) in [6.07, 6.45) is 4.45. The molecule has 0 aromatic carbocycles. The van der Waals surface area contributed by atoms with E-state index >= 15 is 0 Å². The third-order valence-corrected chi connectivity index (χ3v) is 6.34. The lowest BCUT2D eigenvalue weighted by Gasteiger charge is -2.30. The topological polar surface area (TPSA) is 32.3 Å². The molecule has 4 nitrogen and oxygen atoms in total. The first-order valence-corrected chi connectivity index (χ1v) is 8.80. The number of rotatable bonds is 3. The molecule has 2 saturated heterocycles. The van der Waals surface area contributed by atoms with E-state index in [4.69, 9.17) is 23.2 Å². The Kier molecular flexibility index (Phi) is 3.37. The van der Waals surface area contributed by atoms with Crippen molar-refractivity contribution in [3.05, 3.63) is 16.5 Å². The fraction of sp³-hybridized carbons (Fsp3) is 0.750. The molecule has 0 N–H and O–H groups in total. The number of aromatic nitrogens is 2. The normalized spacial score (nSPS) is 35.2. The first-order chi connectivity index (χ1) is 10.4. The molecule has 0 radical (unpaired) electrons. The maximum atomic E-state index is 6.29. The molecule has 1 aromatic rings. The predicted molar refractivity (Wildman–Crippen MR) is 89.6 cm³/mol. The van der Waals surface area contributed by atoms with Gasteiger partial charge < -0.3 is 9.80 Å². The molecule has 2 aliphatic heterocycles. The summed E-state index contributed by atoms with van der Waals surface area (Å²) in [6.45, 7) is 10.4. The lowest BCUT2D eigenvalue weighted by molar-refractivity contribution is 0.212. The average molecular weight is 341 g/mol. The molecule has 0 amide bonds. The molecule has 2 atom stereocenters. The van der Waals surface area contributed by atoms with Crippen molar-refractivity contribution in [2.45, 2.75) is 26.7 Å². The molecule has 0 spiro atoms. The second-order valence-electron chi connectivity index (χ2n) is 7.90. The van der Waals surface area contributed by atoms with Crippen LogP contribution in [-0.2, 0) is 0 Å². The lowest BCUT2D eigenvalue weighted by Crippen LogP contribution is -2.34. The Morgan fingerprint density at radius 1 is 1.14 bits per heavy atom. The molecule has 0 bridgehead atoms. The Morgan fingerprint density at radius 3 is 2.36 bits per heavy atom. The van der Waals surface area contributed by atoms with Crippen LogP contribution < -0.4 is 4.90 Å². The van der Waals surface area contributed by atoms with Gasteiger partial charge in [-0.15, -0.1) is 0 Å². The van der Waals surface area contributed by atoms with Gasteiger partial charge in [-0.25, -0.2) is 4.98 Å². The minimum Gasteiger partial charge on any atom is -0.354 e. The molecule has 1 saturated carbocycles. The monoisotopic (exact) mass is 340 g/mol. The quantitative estimate of drug-likeness (QED) is 0.790. The van der Waals surface area contributed by atoms with Gasteiger partial charge >= 0.3 is 0 Å². The van der Waals surface area contributed by atoms with E-state index in [0.717, 1.165) is 24.8 Å². The van der Waals surface area contributed by atoms with Crippen LogP contribution in [0.2, 0.25) is 10.3 Å². The van der Waals surface area contributed by atoms with Gasteiger partial charge in [0.1, 0.15) is 5.02 Å². The fourth-order valence-corrected chi connectivity index (χ4v) is 4.65. The van der Waals surface area contributed by atoms with E-state index in [1.165, 1.54) is 32.5 Å². The third kappa shape index (κ3) is 2.40. The van der Waals surface area contributed by atoms with Gasteiger partial charge in [0.2, 0.25) is 5.28 Å². The largest absolute Gasteiger partial charge is 0.354 e. The Hall–Kier alpha value is -0.580. The van der Waals surface area contributed by atoms with Crippen molar-refractivity contribution in [1.29, 1.82) is 0 Å². The summed E-state index contributed by atoms with van der Waals surface area (Å²) in [5.41, 5.74) is 0.561. The van der Waals surface area contributed by atoms with Crippen molar-refractivity contribution in [2.24, 2.45) is 16.7 Å². The minimum absolute atomic E-state index is 0.266. The highest BCUT2D eigenvalue weighted by Crippen LogP contribution is 2.53. The van der Waals surface area contributed by atoms with Crippen LogP contribution in [0, 0.1) is 16.7 Å². The lowest BCUT2D eigenvalue weighted by atomic mass is 9.71. The number of halogens is 2. The van der Waals surface area contributed by atoms with E-state index in [1.54, 1.807) is 6.20 Å². The van der Waals surface area contributed by atoms with Crippen LogP contribution in [0.3, 0.4) is 0 Å². The number of hydrogen-bond donors (Lipinski definition) is 0. The number of nitrogens with zero attached hydrogens (tertiary/aromatic N) is 4.